The van der Waals surface area contributed by atoms with Crippen molar-refractivity contribution in [2.75, 3.05) is 31.7 Å². The average molecular weight is 450 g/mol. The van der Waals surface area contributed by atoms with Gasteiger partial charge < -0.3 is 10.6 Å². The second kappa shape index (κ2) is 9.74. The van der Waals surface area contributed by atoms with Crippen LogP contribution in [0.2, 0.25) is 0 Å². The van der Waals surface area contributed by atoms with E-state index in [0.717, 1.165) is 30.9 Å². The summed E-state index contributed by atoms with van der Waals surface area (Å²) in [4.78, 5) is 14.3. The first-order valence-electron chi connectivity index (χ1n) is 10.5. The number of rotatable bonds is 7. The van der Waals surface area contributed by atoms with Gasteiger partial charge in [0, 0.05) is 28.4 Å². The number of likely N-dealkylation sites (tertiary alicyclic amines) is 1. The Balaban J connectivity index is 0.00000272. The summed E-state index contributed by atoms with van der Waals surface area (Å²) in [7, 11) is -1.36. The Bertz CT molecular complexity index is 1020. The first-order chi connectivity index (χ1) is 14.7. The first kappa shape index (κ1) is 23.1. The van der Waals surface area contributed by atoms with E-state index in [-0.39, 0.29) is 19.9 Å². The Morgan fingerprint density at radius 3 is 2.39 bits per heavy atom. The van der Waals surface area contributed by atoms with Crippen LogP contribution < -0.4 is 10.6 Å². The third-order valence-corrected chi connectivity index (χ3v) is 7.34. The van der Waals surface area contributed by atoms with Gasteiger partial charge in [-0.05, 0) is 61.2 Å². The molecular formula is C22H35N5O3S. The number of anilines is 2. The molecule has 0 unspecified atom stereocenters. The third kappa shape index (κ3) is 6.01. The molecule has 3 rings (SSSR count). The van der Waals surface area contributed by atoms with Crippen molar-refractivity contribution in [3.63, 3.8) is 0 Å². The molecule has 1 aromatic carbocycles. The van der Waals surface area contributed by atoms with Crippen LogP contribution in [0.1, 0.15) is 57.1 Å². The summed E-state index contributed by atoms with van der Waals surface area (Å²) in [6.45, 7) is 6.42. The zero-order valence-corrected chi connectivity index (χ0v) is 19.4. The van der Waals surface area contributed by atoms with Gasteiger partial charge >= 0.3 is 0 Å². The summed E-state index contributed by atoms with van der Waals surface area (Å²) < 4.78 is 23.4. The normalized spacial score (nSPS) is 15.8. The summed E-state index contributed by atoms with van der Waals surface area (Å²) in [6.07, 6.45) is 2.72. The van der Waals surface area contributed by atoms with Crippen LogP contribution in [-0.4, -0.2) is 61.1 Å². The fraction of sp³-hybridized carbons (Fsp3) is 0.500. The zero-order valence-electron chi connectivity index (χ0n) is 18.6. The third-order valence-electron chi connectivity index (χ3n) is 5.66. The van der Waals surface area contributed by atoms with Crippen LogP contribution in [0, 0.1) is 0 Å². The zero-order chi connectivity index (χ0) is 22.6. The molecular weight excluding hydrogens is 414 g/mol. The van der Waals surface area contributed by atoms with Gasteiger partial charge in [-0.15, -0.1) is 10.2 Å². The molecule has 172 valence electrons. The van der Waals surface area contributed by atoms with Crippen molar-refractivity contribution in [1.82, 2.24) is 20.4 Å². The Hall–Kier alpha value is -2.52. The van der Waals surface area contributed by atoms with Crippen LogP contribution in [0.5, 0.6) is 0 Å². The molecule has 1 saturated heterocycles. The van der Waals surface area contributed by atoms with E-state index in [1.54, 1.807) is 7.05 Å². The van der Waals surface area contributed by atoms with Crippen molar-refractivity contribution < 1.29 is 16.1 Å². The molecule has 2 N–H and O–H groups in total. The van der Waals surface area contributed by atoms with Crippen LogP contribution >= 0.6 is 0 Å². The number of aromatic nitrogens is 2. The number of piperidine rings is 1. The lowest BCUT2D eigenvalue weighted by atomic mass is 10.0. The molecule has 8 nitrogen and oxygen atoms in total. The predicted molar refractivity (Wildman–Crippen MR) is 127 cm³/mol. The van der Waals surface area contributed by atoms with E-state index in [1.165, 1.54) is 11.8 Å². The van der Waals surface area contributed by atoms with Crippen LogP contribution in [0.15, 0.2) is 30.3 Å². The van der Waals surface area contributed by atoms with Gasteiger partial charge in [0.15, 0.2) is 11.5 Å². The summed E-state index contributed by atoms with van der Waals surface area (Å²) in [6, 6.07) is 9.95. The summed E-state index contributed by atoms with van der Waals surface area (Å²) in [5.41, 5.74) is 3.24. The first-order valence-corrected chi connectivity index (χ1v) is 12.5. The lowest BCUT2D eigenvalue weighted by molar-refractivity contribution is 0.0955. The molecule has 2 aromatic rings. The van der Waals surface area contributed by atoms with E-state index in [0.29, 0.717) is 24.4 Å². The quantitative estimate of drug-likeness (QED) is 0.669. The maximum atomic E-state index is 12.0. The van der Waals surface area contributed by atoms with Crippen LogP contribution in [0.3, 0.4) is 0 Å². The summed E-state index contributed by atoms with van der Waals surface area (Å²) in [5, 5.41) is 13.9. The van der Waals surface area contributed by atoms with E-state index in [9.17, 15) is 13.2 Å². The summed E-state index contributed by atoms with van der Waals surface area (Å²) >= 11 is 0. The average Bonchev–Trinajstić information content (AvgIpc) is 2.74. The van der Waals surface area contributed by atoms with Crippen molar-refractivity contribution >= 4 is 27.2 Å². The van der Waals surface area contributed by atoms with Crippen molar-refractivity contribution in [3.05, 3.63) is 47.2 Å². The lowest BCUT2D eigenvalue weighted by Gasteiger charge is -2.31. The highest BCUT2D eigenvalue weighted by Gasteiger charge is 2.26. The second-order valence-corrected chi connectivity index (χ2v) is 10.7. The van der Waals surface area contributed by atoms with Gasteiger partial charge in [0.2, 0.25) is 0 Å². The van der Waals surface area contributed by atoms with E-state index in [2.05, 4.69) is 37.9 Å². The van der Waals surface area contributed by atoms with Gasteiger partial charge in [0.05, 0.1) is 5.25 Å². The molecule has 0 radical (unpaired) electrons. The molecule has 0 atom stereocenters. The van der Waals surface area contributed by atoms with Gasteiger partial charge in [-0.25, -0.2) is 8.42 Å². The lowest BCUT2D eigenvalue weighted by Crippen LogP contribution is -2.38. The van der Waals surface area contributed by atoms with E-state index in [1.807, 2.05) is 32.0 Å². The molecule has 1 aliphatic rings. The van der Waals surface area contributed by atoms with Crippen molar-refractivity contribution in [2.24, 2.45) is 0 Å². The molecule has 1 fully saturated rings. The number of hydrogen-bond acceptors (Lipinski definition) is 7. The number of hydrogen-bond donors (Lipinski definition) is 2. The fourth-order valence-corrected chi connectivity index (χ4v) is 4.86. The van der Waals surface area contributed by atoms with E-state index >= 15 is 0 Å². The second-order valence-electron chi connectivity index (χ2n) is 8.39. The van der Waals surface area contributed by atoms with Crippen LogP contribution in [0.25, 0.3) is 0 Å². The highest BCUT2D eigenvalue weighted by atomic mass is 32.2. The Kier molecular flexibility index (Phi) is 7.27. The molecule has 0 aliphatic carbocycles. The number of nitrogens with zero attached hydrogens (tertiary/aromatic N) is 3. The molecule has 0 saturated carbocycles. The monoisotopic (exact) mass is 449 g/mol. The SMILES string of the molecule is CNC(=O)c1nnc(Nc2ccc(CN3CCC(S(C)(=O)=O)CC3)cc2)cc1C(C)C.[HH].[HH]. The van der Waals surface area contributed by atoms with Crippen molar-refractivity contribution in [3.8, 4) is 0 Å². The van der Waals surface area contributed by atoms with Crippen LogP contribution in [0.4, 0.5) is 11.5 Å². The standard InChI is InChI=1S/C22H31N5O3S.2H2/c1-15(2)19-13-20(25-26-21(19)22(28)23-3)24-17-7-5-16(6-8-17)14-27-11-9-18(10-12-27)31(4,29)30;;/h5-8,13,15,18H,9-12,14H2,1-4H3,(H,23,28)(H,24,25);2*1H. The van der Waals surface area contributed by atoms with E-state index < -0.39 is 9.84 Å². The highest BCUT2D eigenvalue weighted by molar-refractivity contribution is 7.91. The summed E-state index contributed by atoms with van der Waals surface area (Å²) in [5.74, 6) is 0.484. The molecule has 0 bridgehead atoms. The van der Waals surface area contributed by atoms with Gasteiger partial charge in [-0.1, -0.05) is 26.0 Å². The number of amides is 1. The smallest absolute Gasteiger partial charge is 0.271 e. The minimum Gasteiger partial charge on any atom is -0.354 e. The minimum atomic E-state index is -2.94. The van der Waals surface area contributed by atoms with Crippen LogP contribution in [-0.2, 0) is 16.4 Å². The number of sulfone groups is 1. The van der Waals surface area contributed by atoms with Gasteiger partial charge in [0.1, 0.15) is 9.84 Å². The molecule has 0 spiro atoms. The Morgan fingerprint density at radius 2 is 1.84 bits per heavy atom. The number of carbonyl (C=O) groups excluding carboxylic acids is 1. The van der Waals surface area contributed by atoms with Gasteiger partial charge in [-0.3, -0.25) is 9.69 Å². The molecule has 9 heteroatoms. The molecule has 1 aliphatic heterocycles. The fourth-order valence-electron chi connectivity index (χ4n) is 3.80. The minimum absolute atomic E-state index is 0. The highest BCUT2D eigenvalue weighted by Crippen LogP contribution is 2.23. The van der Waals surface area contributed by atoms with Gasteiger partial charge in [-0.2, -0.15) is 0 Å². The van der Waals surface area contributed by atoms with E-state index in [4.69, 9.17) is 0 Å². The molecule has 2 heterocycles. The Morgan fingerprint density at radius 1 is 1.19 bits per heavy atom. The maximum Gasteiger partial charge on any atom is 0.271 e. The topological polar surface area (TPSA) is 104 Å². The van der Waals surface area contributed by atoms with Crippen molar-refractivity contribution in [1.29, 1.82) is 0 Å². The molecule has 1 amide bonds. The number of carbonyl (C=O) groups is 1. The number of benzene rings is 1. The van der Waals surface area contributed by atoms with Gasteiger partial charge in [0.25, 0.3) is 5.91 Å². The molecule has 1 aromatic heterocycles. The largest absolute Gasteiger partial charge is 0.354 e. The van der Waals surface area contributed by atoms with Crippen molar-refractivity contribution in [2.45, 2.75) is 44.4 Å². The maximum absolute atomic E-state index is 12.0. The molecule has 31 heavy (non-hydrogen) atoms. The number of nitrogens with one attached hydrogen (secondary N) is 2. The predicted octanol–water partition coefficient (Wildman–Crippen LogP) is 3.20. The Labute approximate surface area is 187 Å².